The molecule has 1 amide bonds. The fourth-order valence-corrected chi connectivity index (χ4v) is 5.65. The summed E-state index contributed by atoms with van der Waals surface area (Å²) in [5, 5.41) is 10.2. The number of nitrogens with zero attached hydrogens (tertiary/aromatic N) is 2. The third kappa shape index (κ3) is 3.08. The summed E-state index contributed by atoms with van der Waals surface area (Å²) in [5.41, 5.74) is 1.78. The highest BCUT2D eigenvalue weighted by Gasteiger charge is 2.43. The smallest absolute Gasteiger partial charge is 0.245 e. The number of nitrogens with one attached hydrogen (secondary N) is 2. The highest BCUT2D eigenvalue weighted by atomic mass is 32.2. The lowest BCUT2D eigenvalue weighted by Crippen LogP contribution is -2.56. The lowest BCUT2D eigenvalue weighted by molar-refractivity contribution is -0.122. The van der Waals surface area contributed by atoms with Gasteiger partial charge in [0.05, 0.1) is 11.7 Å². The number of H-pyrrole nitrogens is 1. The monoisotopic (exact) mass is 428 g/mol. The molecule has 0 saturated carbocycles. The molecule has 9 nitrogen and oxygen atoms in total. The maximum atomic E-state index is 13.3. The predicted octanol–water partition coefficient (Wildman–Crippen LogP) is 2.04. The minimum atomic E-state index is -3.87. The van der Waals surface area contributed by atoms with Gasteiger partial charge in [0.15, 0.2) is 11.5 Å². The average molecular weight is 428 g/mol. The minimum Gasteiger partial charge on any atom is -0.486 e. The van der Waals surface area contributed by atoms with E-state index in [9.17, 15) is 13.2 Å². The second-order valence-corrected chi connectivity index (χ2v) is 9.22. The predicted molar refractivity (Wildman–Crippen MR) is 109 cm³/mol. The van der Waals surface area contributed by atoms with E-state index in [-0.39, 0.29) is 17.3 Å². The zero-order chi connectivity index (χ0) is 20.9. The summed E-state index contributed by atoms with van der Waals surface area (Å²) in [6.45, 7) is 3.03. The molecule has 5 rings (SSSR count). The minimum absolute atomic E-state index is 0.131. The number of hydrogen-bond acceptors (Lipinski definition) is 6. The SMILES string of the molecule is Cc1cc(S(=O)(=O)N2CCC2C(=O)Nc2ccc3c(c2)OCCO3)c2[nH]ncc2c1. The zero-order valence-corrected chi connectivity index (χ0v) is 17.0. The van der Waals surface area contributed by atoms with Crippen molar-refractivity contribution < 1.29 is 22.7 Å². The van der Waals surface area contributed by atoms with E-state index in [0.717, 1.165) is 5.56 Å². The third-order valence-electron chi connectivity index (χ3n) is 5.33. The number of ether oxygens (including phenoxy) is 2. The second kappa shape index (κ2) is 6.99. The van der Waals surface area contributed by atoms with Gasteiger partial charge >= 0.3 is 0 Å². The molecule has 1 unspecified atom stereocenters. The van der Waals surface area contributed by atoms with Crippen LogP contribution < -0.4 is 14.8 Å². The van der Waals surface area contributed by atoms with Crippen molar-refractivity contribution in [2.75, 3.05) is 25.1 Å². The summed E-state index contributed by atoms with van der Waals surface area (Å²) in [6, 6.07) is 7.79. The van der Waals surface area contributed by atoms with Gasteiger partial charge in [0.2, 0.25) is 15.9 Å². The quantitative estimate of drug-likeness (QED) is 0.658. The van der Waals surface area contributed by atoms with E-state index in [1.54, 1.807) is 30.5 Å². The van der Waals surface area contributed by atoms with E-state index in [1.807, 2.05) is 13.0 Å². The Morgan fingerprint density at radius 1 is 1.20 bits per heavy atom. The Kier molecular flexibility index (Phi) is 4.40. The molecule has 0 aliphatic carbocycles. The largest absolute Gasteiger partial charge is 0.486 e. The number of fused-ring (bicyclic) bond motifs is 2. The summed E-state index contributed by atoms with van der Waals surface area (Å²) in [7, 11) is -3.87. The van der Waals surface area contributed by atoms with Gasteiger partial charge < -0.3 is 14.8 Å². The van der Waals surface area contributed by atoms with Crippen molar-refractivity contribution in [2.24, 2.45) is 0 Å². The van der Waals surface area contributed by atoms with Crippen LogP contribution in [0.3, 0.4) is 0 Å². The zero-order valence-electron chi connectivity index (χ0n) is 16.2. The molecule has 1 saturated heterocycles. The molecular weight excluding hydrogens is 408 g/mol. The Morgan fingerprint density at radius 3 is 2.77 bits per heavy atom. The third-order valence-corrected chi connectivity index (χ3v) is 7.26. The molecule has 0 bridgehead atoms. The Morgan fingerprint density at radius 2 is 2.00 bits per heavy atom. The number of hydrogen-bond donors (Lipinski definition) is 2. The van der Waals surface area contributed by atoms with E-state index >= 15 is 0 Å². The number of rotatable bonds is 4. The highest BCUT2D eigenvalue weighted by Crippen LogP contribution is 2.34. The fourth-order valence-electron chi connectivity index (χ4n) is 3.76. The van der Waals surface area contributed by atoms with Crippen LogP contribution in [0.4, 0.5) is 5.69 Å². The number of amides is 1. The molecule has 156 valence electrons. The van der Waals surface area contributed by atoms with E-state index in [0.29, 0.717) is 47.7 Å². The normalized spacial score (nSPS) is 18.8. The van der Waals surface area contributed by atoms with Crippen molar-refractivity contribution in [3.63, 3.8) is 0 Å². The van der Waals surface area contributed by atoms with Gasteiger partial charge in [-0.1, -0.05) is 0 Å². The van der Waals surface area contributed by atoms with Gasteiger partial charge in [-0.2, -0.15) is 9.40 Å². The number of aromatic amines is 1. The van der Waals surface area contributed by atoms with Gasteiger partial charge in [-0.25, -0.2) is 8.42 Å². The van der Waals surface area contributed by atoms with Gasteiger partial charge in [-0.15, -0.1) is 0 Å². The first-order valence-electron chi connectivity index (χ1n) is 9.59. The van der Waals surface area contributed by atoms with Gasteiger partial charge in [0.25, 0.3) is 0 Å². The van der Waals surface area contributed by atoms with Crippen molar-refractivity contribution in [3.05, 3.63) is 42.1 Å². The highest BCUT2D eigenvalue weighted by molar-refractivity contribution is 7.89. The van der Waals surface area contributed by atoms with Gasteiger partial charge in [0, 0.05) is 23.7 Å². The molecule has 3 aromatic rings. The van der Waals surface area contributed by atoms with Crippen LogP contribution in [0.1, 0.15) is 12.0 Å². The first kappa shape index (κ1) is 18.9. The van der Waals surface area contributed by atoms with Gasteiger partial charge in [0.1, 0.15) is 24.2 Å². The lowest BCUT2D eigenvalue weighted by Gasteiger charge is -2.38. The fraction of sp³-hybridized carbons (Fsp3) is 0.300. The summed E-state index contributed by atoms with van der Waals surface area (Å²) in [5.74, 6) is 0.795. The van der Waals surface area contributed by atoms with Crippen LogP contribution in [0.25, 0.3) is 10.9 Å². The molecule has 2 N–H and O–H groups in total. The van der Waals surface area contributed by atoms with E-state index in [4.69, 9.17) is 9.47 Å². The molecule has 1 atom stereocenters. The van der Waals surface area contributed by atoms with Crippen LogP contribution in [0, 0.1) is 6.92 Å². The maximum absolute atomic E-state index is 13.3. The standard InChI is InChI=1S/C20H20N4O5S/c1-12-8-13-11-21-23-19(13)18(9-12)30(26,27)24-5-4-15(24)20(25)22-14-2-3-16-17(10-14)29-7-6-28-16/h2-3,8-11,15H,4-7H2,1H3,(H,21,23)(H,22,25). The van der Waals surface area contributed by atoms with Crippen molar-refractivity contribution in [1.29, 1.82) is 0 Å². The second-order valence-electron chi connectivity index (χ2n) is 7.37. The van der Waals surface area contributed by atoms with Crippen molar-refractivity contribution >= 4 is 32.5 Å². The molecular formula is C20H20N4O5S. The lowest BCUT2D eigenvalue weighted by atomic mass is 10.1. The molecule has 2 aromatic carbocycles. The molecule has 2 aliphatic heterocycles. The number of aromatic nitrogens is 2. The number of benzene rings is 2. The van der Waals surface area contributed by atoms with Crippen molar-refractivity contribution in [2.45, 2.75) is 24.3 Å². The molecule has 0 spiro atoms. The molecule has 1 aromatic heterocycles. The van der Waals surface area contributed by atoms with Crippen molar-refractivity contribution in [3.8, 4) is 11.5 Å². The topological polar surface area (TPSA) is 114 Å². The number of aryl methyl sites for hydroxylation is 1. The Bertz CT molecular complexity index is 1250. The van der Waals surface area contributed by atoms with Crippen LogP contribution in [0.5, 0.6) is 11.5 Å². The Balaban J connectivity index is 1.39. The molecule has 30 heavy (non-hydrogen) atoms. The number of sulfonamides is 1. The Hall–Kier alpha value is -3.11. The molecule has 10 heteroatoms. The maximum Gasteiger partial charge on any atom is 0.245 e. The molecule has 2 aliphatic rings. The van der Waals surface area contributed by atoms with Gasteiger partial charge in [-0.3, -0.25) is 9.89 Å². The number of carbonyl (C=O) groups excluding carboxylic acids is 1. The van der Waals surface area contributed by atoms with E-state index < -0.39 is 16.1 Å². The van der Waals surface area contributed by atoms with Crippen LogP contribution in [0.2, 0.25) is 0 Å². The van der Waals surface area contributed by atoms with Gasteiger partial charge in [-0.05, 0) is 43.2 Å². The molecule has 3 heterocycles. The first-order chi connectivity index (χ1) is 14.4. The van der Waals surface area contributed by atoms with E-state index in [1.165, 1.54) is 4.31 Å². The van der Waals surface area contributed by atoms with Crippen LogP contribution >= 0.6 is 0 Å². The molecule has 1 fully saturated rings. The summed E-state index contributed by atoms with van der Waals surface area (Å²) in [4.78, 5) is 13.0. The number of anilines is 1. The number of carbonyl (C=O) groups is 1. The summed E-state index contributed by atoms with van der Waals surface area (Å²) < 4.78 is 38.8. The Labute approximate surface area is 173 Å². The first-order valence-corrected chi connectivity index (χ1v) is 11.0. The van der Waals surface area contributed by atoms with Crippen LogP contribution in [-0.4, -0.2) is 54.6 Å². The average Bonchev–Trinajstić information content (AvgIpc) is 3.14. The summed E-state index contributed by atoms with van der Waals surface area (Å²) >= 11 is 0. The molecule has 0 radical (unpaired) electrons. The van der Waals surface area contributed by atoms with E-state index in [2.05, 4.69) is 15.5 Å². The van der Waals surface area contributed by atoms with Crippen molar-refractivity contribution in [1.82, 2.24) is 14.5 Å². The summed E-state index contributed by atoms with van der Waals surface area (Å²) in [6.07, 6.45) is 2.04. The van der Waals surface area contributed by atoms with Crippen LogP contribution in [-0.2, 0) is 14.8 Å². The van der Waals surface area contributed by atoms with Crippen LogP contribution in [0.15, 0.2) is 41.4 Å².